The number of H-pyrrole nitrogens is 1. The first-order valence-electron chi connectivity index (χ1n) is 5.53. The third-order valence-corrected chi connectivity index (χ3v) is 2.96. The van der Waals surface area contributed by atoms with Crippen LogP contribution in [0.5, 0.6) is 0 Å². The van der Waals surface area contributed by atoms with Crippen LogP contribution in [-0.2, 0) is 0 Å². The molecule has 0 fully saturated rings. The zero-order chi connectivity index (χ0) is 14.7. The molecule has 0 saturated carbocycles. The van der Waals surface area contributed by atoms with Crippen molar-refractivity contribution in [3.63, 3.8) is 0 Å². The van der Waals surface area contributed by atoms with Crippen LogP contribution in [0, 0.1) is 13.8 Å². The van der Waals surface area contributed by atoms with E-state index in [1.807, 2.05) is 13.8 Å². The highest BCUT2D eigenvalue weighted by Gasteiger charge is 2.01. The molecule has 3 aromatic heterocycles. The fourth-order valence-electron chi connectivity index (χ4n) is 1.38. The van der Waals surface area contributed by atoms with Crippen LogP contribution in [0.25, 0.3) is 5.65 Å². The predicted molar refractivity (Wildman–Crippen MR) is 75.1 cm³/mol. The predicted octanol–water partition coefficient (Wildman–Crippen LogP) is 1.82. The Kier molecular flexibility index (Phi) is 4.31. The van der Waals surface area contributed by atoms with Gasteiger partial charge in [-0.1, -0.05) is 23.2 Å². The van der Waals surface area contributed by atoms with E-state index in [1.165, 1.54) is 4.52 Å². The summed E-state index contributed by atoms with van der Waals surface area (Å²) < 4.78 is 1.23. The summed E-state index contributed by atoms with van der Waals surface area (Å²) in [7, 11) is 0. The summed E-state index contributed by atoms with van der Waals surface area (Å²) >= 11 is 11.0. The van der Waals surface area contributed by atoms with Gasteiger partial charge in [-0.3, -0.25) is 0 Å². The number of nitrogens with zero attached hydrogens (tertiary/aromatic N) is 5. The second-order valence-electron chi connectivity index (χ2n) is 3.92. The van der Waals surface area contributed by atoms with Crippen molar-refractivity contribution in [1.29, 1.82) is 0 Å². The van der Waals surface area contributed by atoms with Gasteiger partial charge in [-0.15, -0.1) is 10.2 Å². The van der Waals surface area contributed by atoms with Crippen LogP contribution in [0.4, 0.5) is 0 Å². The van der Waals surface area contributed by atoms with Gasteiger partial charge in [0, 0.05) is 6.20 Å². The molecular weight excluding hydrogens is 303 g/mol. The molecule has 7 nitrogen and oxygen atoms in total. The zero-order valence-corrected chi connectivity index (χ0v) is 12.1. The SMILES string of the molecule is Cc1cc(Cl)nnc1Cl.Cc1ccnn2c(=O)[nH]nc12. The Morgan fingerprint density at radius 1 is 1.20 bits per heavy atom. The quantitative estimate of drug-likeness (QED) is 0.684. The first-order chi connectivity index (χ1) is 9.49. The molecule has 9 heteroatoms. The van der Waals surface area contributed by atoms with Gasteiger partial charge in [0.25, 0.3) is 0 Å². The van der Waals surface area contributed by atoms with Gasteiger partial charge in [0.2, 0.25) is 0 Å². The van der Waals surface area contributed by atoms with E-state index >= 15 is 0 Å². The highest BCUT2D eigenvalue weighted by atomic mass is 35.5. The van der Waals surface area contributed by atoms with Crippen LogP contribution in [0.2, 0.25) is 10.3 Å². The van der Waals surface area contributed by atoms with Crippen LogP contribution in [-0.4, -0.2) is 30.0 Å². The van der Waals surface area contributed by atoms with Gasteiger partial charge in [-0.2, -0.15) is 14.7 Å². The lowest BCUT2D eigenvalue weighted by Crippen LogP contribution is -2.11. The average molecular weight is 313 g/mol. The van der Waals surface area contributed by atoms with Crippen molar-refractivity contribution in [3.8, 4) is 0 Å². The van der Waals surface area contributed by atoms with Crippen molar-refractivity contribution in [2.24, 2.45) is 0 Å². The molecule has 0 aliphatic rings. The molecule has 0 aliphatic carbocycles. The van der Waals surface area contributed by atoms with E-state index in [-0.39, 0.29) is 5.69 Å². The fourth-order valence-corrected chi connectivity index (χ4v) is 1.67. The van der Waals surface area contributed by atoms with Crippen molar-refractivity contribution in [1.82, 2.24) is 30.0 Å². The summed E-state index contributed by atoms with van der Waals surface area (Å²) in [6.07, 6.45) is 1.57. The Bertz CT molecular complexity index is 797. The second kappa shape index (κ2) is 5.98. The monoisotopic (exact) mass is 312 g/mol. The van der Waals surface area contributed by atoms with Crippen LogP contribution >= 0.6 is 23.2 Å². The summed E-state index contributed by atoms with van der Waals surface area (Å²) in [6, 6.07) is 3.46. The summed E-state index contributed by atoms with van der Waals surface area (Å²) in [6.45, 7) is 3.69. The molecule has 0 radical (unpaired) electrons. The van der Waals surface area contributed by atoms with Crippen molar-refractivity contribution < 1.29 is 0 Å². The zero-order valence-electron chi connectivity index (χ0n) is 10.6. The van der Waals surface area contributed by atoms with Crippen molar-refractivity contribution in [3.05, 3.63) is 50.2 Å². The van der Waals surface area contributed by atoms with Crippen molar-refractivity contribution >= 4 is 28.8 Å². The Hall–Kier alpha value is -1.99. The number of aromatic amines is 1. The van der Waals surface area contributed by atoms with Gasteiger partial charge in [0.1, 0.15) is 0 Å². The van der Waals surface area contributed by atoms with E-state index in [4.69, 9.17) is 23.2 Å². The first kappa shape index (κ1) is 14.4. The smallest absolute Gasteiger partial charge is 0.244 e. The lowest BCUT2D eigenvalue weighted by molar-refractivity contribution is 0.875. The molecule has 0 atom stereocenters. The molecule has 1 N–H and O–H groups in total. The van der Waals surface area contributed by atoms with Gasteiger partial charge >= 0.3 is 5.69 Å². The van der Waals surface area contributed by atoms with E-state index in [1.54, 1.807) is 18.3 Å². The summed E-state index contributed by atoms with van der Waals surface area (Å²) in [4.78, 5) is 10.9. The number of aryl methyl sites for hydroxylation is 2. The van der Waals surface area contributed by atoms with Crippen LogP contribution < -0.4 is 5.69 Å². The van der Waals surface area contributed by atoms with E-state index < -0.39 is 0 Å². The van der Waals surface area contributed by atoms with E-state index in [2.05, 4.69) is 25.5 Å². The van der Waals surface area contributed by atoms with Gasteiger partial charge in [-0.05, 0) is 37.1 Å². The molecule has 0 aliphatic heterocycles. The molecule has 0 aromatic carbocycles. The molecule has 0 bridgehead atoms. The highest BCUT2D eigenvalue weighted by molar-refractivity contribution is 6.31. The molecule has 0 saturated heterocycles. The molecule has 3 aromatic rings. The van der Waals surface area contributed by atoms with Gasteiger partial charge in [0.05, 0.1) is 0 Å². The number of hydrogen-bond donors (Lipinski definition) is 1. The minimum atomic E-state index is -0.302. The molecule has 3 rings (SSSR count). The minimum Gasteiger partial charge on any atom is -0.244 e. The summed E-state index contributed by atoms with van der Waals surface area (Å²) in [5.41, 5.74) is 2.05. The maximum Gasteiger partial charge on any atom is 0.364 e. The number of rotatable bonds is 0. The maximum absolute atomic E-state index is 10.9. The number of hydrogen-bond acceptors (Lipinski definition) is 5. The number of halogens is 2. The molecule has 0 spiro atoms. The topological polar surface area (TPSA) is 88.8 Å². The summed E-state index contributed by atoms with van der Waals surface area (Å²) in [5.74, 6) is 0. The van der Waals surface area contributed by atoms with Gasteiger partial charge < -0.3 is 0 Å². The Morgan fingerprint density at radius 3 is 2.55 bits per heavy atom. The summed E-state index contributed by atoms with van der Waals surface area (Å²) in [5, 5.41) is 17.8. The lowest BCUT2D eigenvalue weighted by atomic mass is 10.3. The second-order valence-corrected chi connectivity index (χ2v) is 4.66. The standard InChI is InChI=1S/C6H6N4O.C5H4Cl2N2/c1-4-2-3-7-10-5(4)8-9-6(10)11;1-3-2-4(6)8-9-5(3)7/h2-3H,1H3,(H,9,11);2H,1H3. The third-order valence-electron chi connectivity index (χ3n) is 2.40. The number of nitrogens with one attached hydrogen (secondary N) is 1. The molecular formula is C11H10Cl2N6O. The highest BCUT2D eigenvalue weighted by Crippen LogP contribution is 2.12. The average Bonchev–Trinajstić information content (AvgIpc) is 2.79. The molecule has 0 unspecified atom stereocenters. The lowest BCUT2D eigenvalue weighted by Gasteiger charge is -1.92. The van der Waals surface area contributed by atoms with Crippen molar-refractivity contribution in [2.75, 3.05) is 0 Å². The maximum atomic E-state index is 10.9. The molecule has 104 valence electrons. The van der Waals surface area contributed by atoms with Crippen molar-refractivity contribution in [2.45, 2.75) is 13.8 Å². The fraction of sp³-hybridized carbons (Fsp3) is 0.182. The van der Waals surface area contributed by atoms with Crippen LogP contribution in [0.1, 0.15) is 11.1 Å². The first-order valence-corrected chi connectivity index (χ1v) is 6.29. The van der Waals surface area contributed by atoms with E-state index in [0.717, 1.165) is 11.1 Å². The van der Waals surface area contributed by atoms with E-state index in [9.17, 15) is 4.79 Å². The largest absolute Gasteiger partial charge is 0.364 e. The van der Waals surface area contributed by atoms with Gasteiger partial charge in [-0.25, -0.2) is 9.89 Å². The molecule has 3 heterocycles. The Labute approximate surface area is 123 Å². The normalized spacial score (nSPS) is 10.2. The van der Waals surface area contributed by atoms with Gasteiger partial charge in [0.15, 0.2) is 16.0 Å². The number of aromatic nitrogens is 6. The Balaban J connectivity index is 0.000000151. The Morgan fingerprint density at radius 2 is 1.95 bits per heavy atom. The van der Waals surface area contributed by atoms with Crippen LogP contribution in [0.3, 0.4) is 0 Å². The van der Waals surface area contributed by atoms with E-state index in [0.29, 0.717) is 16.0 Å². The molecule has 20 heavy (non-hydrogen) atoms. The third kappa shape index (κ3) is 3.12. The minimum absolute atomic E-state index is 0.302. The van der Waals surface area contributed by atoms with Crippen LogP contribution in [0.15, 0.2) is 23.1 Å². The number of fused-ring (bicyclic) bond motifs is 1. The molecule has 0 amide bonds.